The molecule has 0 aliphatic carbocycles. The minimum absolute atomic E-state index is 0.263. The van der Waals surface area contributed by atoms with E-state index in [1.165, 1.54) is 0 Å². The zero-order valence-electron chi connectivity index (χ0n) is 15.2. The van der Waals surface area contributed by atoms with E-state index in [1.54, 1.807) is 26.2 Å². The van der Waals surface area contributed by atoms with E-state index >= 15 is 0 Å². The number of methoxy groups -OCH3 is 1. The Labute approximate surface area is 162 Å². The zero-order chi connectivity index (χ0) is 19.4. The molecule has 0 radical (unpaired) electrons. The van der Waals surface area contributed by atoms with Crippen LogP contribution < -0.4 is 15.4 Å². The SMILES string of the molecule is COc1cc(Cl)c(C)cc1Nc1nc(C)cc(C(=O)Nc2ccccc2)n1. The maximum Gasteiger partial charge on any atom is 0.274 e. The molecule has 6 nitrogen and oxygen atoms in total. The monoisotopic (exact) mass is 382 g/mol. The third-order valence-corrected chi connectivity index (χ3v) is 4.25. The molecule has 0 unspecified atom stereocenters. The third-order valence-electron chi connectivity index (χ3n) is 3.85. The maximum atomic E-state index is 12.5. The molecule has 0 bridgehead atoms. The normalized spacial score (nSPS) is 10.4. The van der Waals surface area contributed by atoms with Crippen molar-refractivity contribution in [2.75, 3.05) is 17.7 Å². The Kier molecular flexibility index (Phi) is 5.57. The molecule has 7 heteroatoms. The van der Waals surface area contributed by atoms with Gasteiger partial charge in [0.1, 0.15) is 11.4 Å². The molecule has 1 amide bonds. The van der Waals surface area contributed by atoms with Gasteiger partial charge in [0.05, 0.1) is 12.8 Å². The summed E-state index contributed by atoms with van der Waals surface area (Å²) in [6, 6.07) is 14.4. The van der Waals surface area contributed by atoms with Crippen LogP contribution in [0.2, 0.25) is 5.02 Å². The largest absolute Gasteiger partial charge is 0.495 e. The first-order chi connectivity index (χ1) is 13.0. The highest BCUT2D eigenvalue weighted by atomic mass is 35.5. The van der Waals surface area contributed by atoms with Gasteiger partial charge in [-0.3, -0.25) is 4.79 Å². The minimum Gasteiger partial charge on any atom is -0.495 e. The van der Waals surface area contributed by atoms with Crippen molar-refractivity contribution >= 4 is 34.8 Å². The molecule has 0 aliphatic rings. The topological polar surface area (TPSA) is 76.1 Å². The quantitative estimate of drug-likeness (QED) is 0.665. The minimum atomic E-state index is -0.311. The van der Waals surface area contributed by atoms with Crippen molar-refractivity contribution in [3.63, 3.8) is 0 Å². The number of ether oxygens (including phenoxy) is 1. The summed E-state index contributed by atoms with van der Waals surface area (Å²) in [5, 5.41) is 6.52. The Hall–Kier alpha value is -3.12. The molecule has 27 heavy (non-hydrogen) atoms. The second-order valence-electron chi connectivity index (χ2n) is 5.96. The molecular formula is C20H19ClN4O2. The number of hydrogen-bond acceptors (Lipinski definition) is 5. The van der Waals surface area contributed by atoms with Crippen LogP contribution in [0.1, 0.15) is 21.7 Å². The average Bonchev–Trinajstić information content (AvgIpc) is 2.65. The van der Waals surface area contributed by atoms with Crippen LogP contribution in [0.15, 0.2) is 48.5 Å². The van der Waals surface area contributed by atoms with Gasteiger partial charge in [-0.05, 0) is 43.7 Å². The predicted octanol–water partition coefficient (Wildman–Crippen LogP) is 4.75. The summed E-state index contributed by atoms with van der Waals surface area (Å²) < 4.78 is 5.36. The third kappa shape index (κ3) is 4.54. The molecule has 0 saturated heterocycles. The number of carbonyl (C=O) groups is 1. The van der Waals surface area contributed by atoms with Crippen molar-refractivity contribution in [1.29, 1.82) is 0 Å². The summed E-state index contributed by atoms with van der Waals surface area (Å²) in [6.45, 7) is 3.69. The van der Waals surface area contributed by atoms with Crippen molar-refractivity contribution in [3.05, 3.63) is 70.5 Å². The van der Waals surface area contributed by atoms with E-state index < -0.39 is 0 Å². The molecule has 0 spiro atoms. The van der Waals surface area contributed by atoms with E-state index in [9.17, 15) is 4.79 Å². The summed E-state index contributed by atoms with van der Waals surface area (Å²) in [5.41, 5.74) is 3.17. The highest BCUT2D eigenvalue weighted by Crippen LogP contribution is 2.32. The van der Waals surface area contributed by atoms with E-state index in [1.807, 2.05) is 43.3 Å². The van der Waals surface area contributed by atoms with Gasteiger partial charge in [-0.2, -0.15) is 0 Å². The highest BCUT2D eigenvalue weighted by molar-refractivity contribution is 6.31. The number of nitrogens with zero attached hydrogens (tertiary/aromatic N) is 2. The van der Waals surface area contributed by atoms with Crippen LogP contribution in [-0.2, 0) is 0 Å². The molecule has 0 atom stereocenters. The predicted molar refractivity (Wildman–Crippen MR) is 107 cm³/mol. The van der Waals surface area contributed by atoms with Gasteiger partial charge in [0.25, 0.3) is 5.91 Å². The smallest absolute Gasteiger partial charge is 0.274 e. The molecule has 3 rings (SSSR count). The summed E-state index contributed by atoms with van der Waals surface area (Å²) in [7, 11) is 1.56. The van der Waals surface area contributed by atoms with Crippen LogP contribution >= 0.6 is 11.6 Å². The molecule has 1 aromatic heterocycles. The van der Waals surface area contributed by atoms with Crippen LogP contribution in [0.5, 0.6) is 5.75 Å². The second kappa shape index (κ2) is 8.05. The molecule has 1 heterocycles. The van der Waals surface area contributed by atoms with Crippen LogP contribution in [0, 0.1) is 13.8 Å². The fourth-order valence-electron chi connectivity index (χ4n) is 2.51. The summed E-state index contributed by atoms with van der Waals surface area (Å²) >= 11 is 6.14. The van der Waals surface area contributed by atoms with Gasteiger partial charge in [-0.25, -0.2) is 9.97 Å². The standard InChI is InChI=1S/C20H19ClN4O2/c1-12-9-16(18(27-3)11-15(12)21)24-20-22-13(2)10-17(25-20)19(26)23-14-7-5-4-6-8-14/h4-11H,1-3H3,(H,23,26)(H,22,24,25). The van der Waals surface area contributed by atoms with Crippen molar-refractivity contribution in [3.8, 4) is 5.75 Å². The second-order valence-corrected chi connectivity index (χ2v) is 6.37. The zero-order valence-corrected chi connectivity index (χ0v) is 16.0. The Balaban J connectivity index is 1.88. The lowest BCUT2D eigenvalue weighted by atomic mass is 10.2. The van der Waals surface area contributed by atoms with Gasteiger partial charge < -0.3 is 15.4 Å². The molecule has 0 saturated carbocycles. The number of nitrogens with one attached hydrogen (secondary N) is 2. The lowest BCUT2D eigenvalue weighted by Gasteiger charge is -2.13. The van der Waals surface area contributed by atoms with Gasteiger partial charge in [0, 0.05) is 22.5 Å². The van der Waals surface area contributed by atoms with Crippen molar-refractivity contribution in [2.45, 2.75) is 13.8 Å². The van der Waals surface area contributed by atoms with Gasteiger partial charge in [0.2, 0.25) is 5.95 Å². The number of benzene rings is 2. The van der Waals surface area contributed by atoms with Crippen molar-refractivity contribution < 1.29 is 9.53 Å². The highest BCUT2D eigenvalue weighted by Gasteiger charge is 2.13. The lowest BCUT2D eigenvalue weighted by molar-refractivity contribution is 0.102. The molecule has 0 fully saturated rings. The van der Waals surface area contributed by atoms with Crippen LogP contribution in [-0.4, -0.2) is 23.0 Å². The first-order valence-corrected chi connectivity index (χ1v) is 8.67. The Bertz CT molecular complexity index is 977. The Morgan fingerprint density at radius 1 is 1.07 bits per heavy atom. The van der Waals surface area contributed by atoms with E-state index in [2.05, 4.69) is 20.6 Å². The van der Waals surface area contributed by atoms with Crippen LogP contribution in [0.3, 0.4) is 0 Å². The van der Waals surface area contributed by atoms with Gasteiger partial charge in [-0.15, -0.1) is 0 Å². The fraction of sp³-hybridized carbons (Fsp3) is 0.150. The van der Waals surface area contributed by atoms with Gasteiger partial charge in [-0.1, -0.05) is 29.8 Å². The molecule has 2 N–H and O–H groups in total. The summed E-state index contributed by atoms with van der Waals surface area (Å²) in [6.07, 6.45) is 0. The number of halogens is 1. The number of aromatic nitrogens is 2. The van der Waals surface area contributed by atoms with Crippen LogP contribution in [0.4, 0.5) is 17.3 Å². The molecule has 3 aromatic rings. The maximum absolute atomic E-state index is 12.5. The Morgan fingerprint density at radius 2 is 1.81 bits per heavy atom. The molecule has 0 aliphatic heterocycles. The number of hydrogen-bond donors (Lipinski definition) is 2. The van der Waals surface area contributed by atoms with Gasteiger partial charge >= 0.3 is 0 Å². The van der Waals surface area contributed by atoms with Crippen LogP contribution in [0.25, 0.3) is 0 Å². The van der Waals surface area contributed by atoms with Crippen molar-refractivity contribution in [2.24, 2.45) is 0 Å². The number of anilines is 3. The average molecular weight is 383 g/mol. The van der Waals surface area contributed by atoms with E-state index in [-0.39, 0.29) is 11.6 Å². The fourth-order valence-corrected chi connectivity index (χ4v) is 2.66. The molecule has 138 valence electrons. The van der Waals surface area contributed by atoms with E-state index in [4.69, 9.17) is 16.3 Å². The first kappa shape index (κ1) is 18.7. The number of carbonyl (C=O) groups excluding carboxylic acids is 1. The van der Waals surface area contributed by atoms with E-state index in [0.717, 1.165) is 5.56 Å². The first-order valence-electron chi connectivity index (χ1n) is 8.29. The molecule has 2 aromatic carbocycles. The number of para-hydroxylation sites is 1. The summed E-state index contributed by atoms with van der Waals surface area (Å²) in [4.78, 5) is 21.2. The van der Waals surface area contributed by atoms with Crippen molar-refractivity contribution in [1.82, 2.24) is 9.97 Å². The number of aryl methyl sites for hydroxylation is 2. The lowest BCUT2D eigenvalue weighted by Crippen LogP contribution is -2.15. The van der Waals surface area contributed by atoms with Gasteiger partial charge in [0.15, 0.2) is 0 Å². The summed E-state index contributed by atoms with van der Waals surface area (Å²) in [5.74, 6) is 0.549. The van der Waals surface area contributed by atoms with E-state index in [0.29, 0.717) is 33.8 Å². The Morgan fingerprint density at radius 3 is 2.52 bits per heavy atom. The molecular weight excluding hydrogens is 364 g/mol. The number of amides is 1. The number of rotatable bonds is 5.